The van der Waals surface area contributed by atoms with E-state index in [0.717, 1.165) is 5.56 Å². The van der Waals surface area contributed by atoms with Crippen molar-refractivity contribution in [3.8, 4) is 17.4 Å². The van der Waals surface area contributed by atoms with Gasteiger partial charge in [0.15, 0.2) is 16.3 Å². The van der Waals surface area contributed by atoms with Crippen molar-refractivity contribution >= 4 is 17.9 Å². The summed E-state index contributed by atoms with van der Waals surface area (Å²) < 4.78 is 13.7. The van der Waals surface area contributed by atoms with E-state index in [2.05, 4.69) is 10.5 Å². The van der Waals surface area contributed by atoms with Gasteiger partial charge < -0.3 is 20.0 Å². The van der Waals surface area contributed by atoms with Gasteiger partial charge in [0.1, 0.15) is 5.56 Å². The maximum atomic E-state index is 12.5. The third kappa shape index (κ3) is 2.39. The second-order valence-corrected chi connectivity index (χ2v) is 6.33. The van der Waals surface area contributed by atoms with Gasteiger partial charge >= 0.3 is 0 Å². The quantitative estimate of drug-likeness (QED) is 0.786. The van der Waals surface area contributed by atoms with E-state index < -0.39 is 0 Å². The first-order valence-electron chi connectivity index (χ1n) is 7.68. The van der Waals surface area contributed by atoms with Crippen LogP contribution in [0.2, 0.25) is 0 Å². The summed E-state index contributed by atoms with van der Waals surface area (Å²) in [5.74, 6) is 1.22. The summed E-state index contributed by atoms with van der Waals surface area (Å²) in [7, 11) is 3.19. The van der Waals surface area contributed by atoms with Crippen LogP contribution < -0.4 is 20.5 Å². The van der Waals surface area contributed by atoms with Crippen LogP contribution in [-0.2, 0) is 14.1 Å². The van der Waals surface area contributed by atoms with Gasteiger partial charge in [-0.05, 0) is 29.9 Å². The average Bonchev–Trinajstić information content (AvgIpc) is 3.27. The number of hydrogen-bond acceptors (Lipinski definition) is 7. The second-order valence-electron chi connectivity index (χ2n) is 5.96. The molecule has 0 unspecified atom stereocenters. The summed E-state index contributed by atoms with van der Waals surface area (Å²) in [5, 5.41) is 14.6. The molecule has 130 valence electrons. The lowest BCUT2D eigenvalue weighted by Gasteiger charge is -2.12. The molecule has 2 N–H and O–H groups in total. The topological polar surface area (TPSA) is 90.0 Å². The summed E-state index contributed by atoms with van der Waals surface area (Å²) in [6.45, 7) is 0.215. The molecule has 3 heterocycles. The van der Waals surface area contributed by atoms with Crippen molar-refractivity contribution in [1.29, 1.82) is 0 Å². The largest absolute Gasteiger partial charge is 0.494 e. The third-order valence-corrected chi connectivity index (χ3v) is 5.02. The van der Waals surface area contributed by atoms with Gasteiger partial charge in [0.25, 0.3) is 5.56 Å². The summed E-state index contributed by atoms with van der Waals surface area (Å²) in [4.78, 5) is 12.5. The van der Waals surface area contributed by atoms with E-state index in [4.69, 9.17) is 21.7 Å². The second kappa shape index (κ2) is 5.62. The normalized spacial score (nSPS) is 18.2. The highest BCUT2D eigenvalue weighted by molar-refractivity contribution is 7.71. The highest BCUT2D eigenvalue weighted by Gasteiger charge is 2.28. The van der Waals surface area contributed by atoms with Crippen molar-refractivity contribution in [2.45, 2.75) is 12.5 Å². The zero-order valence-corrected chi connectivity index (χ0v) is 14.5. The molecule has 8 nitrogen and oxygen atoms in total. The number of aromatic nitrogens is 2. The Balaban J connectivity index is 1.68. The Morgan fingerprint density at radius 1 is 1.28 bits per heavy atom. The monoisotopic (exact) mass is 360 g/mol. The number of benzene rings is 1. The van der Waals surface area contributed by atoms with Crippen molar-refractivity contribution in [1.82, 2.24) is 14.6 Å². The minimum Gasteiger partial charge on any atom is -0.494 e. The number of hydrogen-bond donors (Lipinski definition) is 2. The molecule has 0 amide bonds. The number of nitrogens with one attached hydrogen (secondary N) is 1. The molecule has 25 heavy (non-hydrogen) atoms. The molecule has 1 aromatic heterocycles. The molecule has 0 spiro atoms. The molecule has 0 radical (unpaired) electrons. The molecule has 1 atom stereocenters. The van der Waals surface area contributed by atoms with Crippen molar-refractivity contribution < 1.29 is 14.6 Å². The number of ether oxygens (including phenoxy) is 2. The van der Waals surface area contributed by atoms with Gasteiger partial charge in [0.2, 0.25) is 12.7 Å². The molecule has 2 aromatic rings. The summed E-state index contributed by atoms with van der Waals surface area (Å²) in [6, 6.07) is 5.54. The first kappa shape index (κ1) is 15.7. The predicted molar refractivity (Wildman–Crippen MR) is 92.7 cm³/mol. The maximum Gasteiger partial charge on any atom is 0.267 e. The molecule has 0 saturated carbocycles. The molecule has 9 heteroatoms. The van der Waals surface area contributed by atoms with Gasteiger partial charge in [-0.2, -0.15) is 5.10 Å². The van der Waals surface area contributed by atoms with Crippen LogP contribution >= 0.6 is 12.2 Å². The fraction of sp³-hybridized carbons (Fsp3) is 0.312. The highest BCUT2D eigenvalue weighted by atomic mass is 32.1. The van der Waals surface area contributed by atoms with Crippen LogP contribution in [0.1, 0.15) is 23.6 Å². The fourth-order valence-corrected chi connectivity index (χ4v) is 3.18. The van der Waals surface area contributed by atoms with Gasteiger partial charge in [0, 0.05) is 20.5 Å². The number of hydrazone groups is 1. The van der Waals surface area contributed by atoms with E-state index in [1.807, 2.05) is 18.2 Å². The Kier molecular flexibility index (Phi) is 3.53. The molecule has 2 aliphatic heterocycles. The van der Waals surface area contributed by atoms with E-state index in [1.165, 1.54) is 9.13 Å². The molecule has 4 rings (SSSR count). The van der Waals surface area contributed by atoms with Crippen LogP contribution in [0.4, 0.5) is 0 Å². The molecular formula is C16H16N4O4S. The fourth-order valence-electron chi connectivity index (χ4n) is 3.01. The van der Waals surface area contributed by atoms with Gasteiger partial charge in [-0.25, -0.2) is 0 Å². The molecule has 0 aliphatic carbocycles. The van der Waals surface area contributed by atoms with Crippen LogP contribution in [0.5, 0.6) is 17.4 Å². The first-order chi connectivity index (χ1) is 12.0. The Hall–Kier alpha value is -2.81. The molecule has 2 aliphatic rings. The zero-order valence-electron chi connectivity index (χ0n) is 13.6. The van der Waals surface area contributed by atoms with Crippen LogP contribution in [0.3, 0.4) is 0 Å². The summed E-state index contributed by atoms with van der Waals surface area (Å²) >= 11 is 5.13. The lowest BCUT2D eigenvalue weighted by molar-refractivity contribution is 0.174. The number of aromatic hydroxyl groups is 1. The molecule has 1 aromatic carbocycles. The molecule has 0 bridgehead atoms. The van der Waals surface area contributed by atoms with Crippen LogP contribution in [-0.4, -0.2) is 26.7 Å². The highest BCUT2D eigenvalue weighted by Crippen LogP contribution is 2.36. The standard InChI is InChI=1S/C16H16N4O4S/c1-19-14(21)13(15(22)20(2)16(19)25)10-6-9(17-18-10)8-3-4-11-12(5-8)24-7-23-11/h3-5,9,17,21H,6-7H2,1-2H3/t9-/m1/s1. The molecule has 0 saturated heterocycles. The molecular weight excluding hydrogens is 344 g/mol. The third-order valence-electron chi connectivity index (χ3n) is 4.47. The number of nitrogens with zero attached hydrogens (tertiary/aromatic N) is 3. The summed E-state index contributed by atoms with van der Waals surface area (Å²) in [5.41, 5.74) is 4.26. The predicted octanol–water partition coefficient (Wildman–Crippen LogP) is 1.33. The van der Waals surface area contributed by atoms with E-state index in [0.29, 0.717) is 23.6 Å². The van der Waals surface area contributed by atoms with Gasteiger partial charge in [0.05, 0.1) is 11.8 Å². The van der Waals surface area contributed by atoms with Crippen molar-refractivity contribution in [3.63, 3.8) is 0 Å². The van der Waals surface area contributed by atoms with Crippen molar-refractivity contribution in [2.75, 3.05) is 6.79 Å². The zero-order chi connectivity index (χ0) is 17.7. The van der Waals surface area contributed by atoms with Crippen LogP contribution in [0.15, 0.2) is 28.1 Å². The van der Waals surface area contributed by atoms with Crippen molar-refractivity contribution in [3.05, 3.63) is 44.5 Å². The van der Waals surface area contributed by atoms with E-state index in [9.17, 15) is 9.90 Å². The minimum atomic E-state index is -0.368. The Morgan fingerprint density at radius 2 is 2.04 bits per heavy atom. The van der Waals surface area contributed by atoms with Crippen LogP contribution in [0.25, 0.3) is 0 Å². The van der Waals surface area contributed by atoms with Crippen LogP contribution in [0, 0.1) is 4.77 Å². The smallest absolute Gasteiger partial charge is 0.267 e. The number of fused-ring (bicyclic) bond motifs is 1. The Bertz CT molecular complexity index is 1020. The first-order valence-corrected chi connectivity index (χ1v) is 8.09. The Labute approximate surface area is 147 Å². The van der Waals surface area contributed by atoms with Crippen molar-refractivity contribution in [2.24, 2.45) is 19.2 Å². The lowest BCUT2D eigenvalue weighted by atomic mass is 9.99. The van der Waals surface area contributed by atoms with E-state index in [1.54, 1.807) is 14.1 Å². The summed E-state index contributed by atoms with van der Waals surface area (Å²) in [6.07, 6.45) is 0.458. The van der Waals surface area contributed by atoms with Gasteiger partial charge in [-0.15, -0.1) is 0 Å². The SMILES string of the molecule is Cn1c(O)c(C2=NN[C@@H](c3ccc4c(c3)OCO4)C2)c(=O)n(C)c1=S. The number of rotatable bonds is 2. The Morgan fingerprint density at radius 3 is 2.84 bits per heavy atom. The van der Waals surface area contributed by atoms with Gasteiger partial charge in [-0.1, -0.05) is 6.07 Å². The maximum absolute atomic E-state index is 12.5. The van der Waals surface area contributed by atoms with E-state index >= 15 is 0 Å². The van der Waals surface area contributed by atoms with E-state index in [-0.39, 0.29) is 34.6 Å². The van der Waals surface area contributed by atoms with Gasteiger partial charge in [-0.3, -0.25) is 13.9 Å². The lowest BCUT2D eigenvalue weighted by Crippen LogP contribution is -2.28. The molecule has 0 fully saturated rings. The average molecular weight is 360 g/mol. The minimum absolute atomic E-state index is 0.123.